The van der Waals surface area contributed by atoms with Gasteiger partial charge in [-0.1, -0.05) is 17.7 Å². The molecule has 2 amide bonds. The molecule has 1 spiro atoms. The summed E-state index contributed by atoms with van der Waals surface area (Å²) in [4.78, 5) is 30.3. The maximum absolute atomic E-state index is 16.9. The number of hydrogen-bond acceptors (Lipinski definition) is 11. The number of rotatable bonds is 5. The van der Waals surface area contributed by atoms with Crippen LogP contribution >= 0.6 is 22.9 Å². The van der Waals surface area contributed by atoms with E-state index in [4.69, 9.17) is 38.6 Å². The van der Waals surface area contributed by atoms with E-state index in [1.807, 2.05) is 30.0 Å². The third kappa shape index (κ3) is 4.43. The molecule has 12 nitrogen and oxygen atoms in total. The van der Waals surface area contributed by atoms with Crippen LogP contribution in [-0.4, -0.2) is 95.5 Å². The number of fused-ring (bicyclic) bond motifs is 2. The van der Waals surface area contributed by atoms with Crippen LogP contribution in [0.1, 0.15) is 18.4 Å². The van der Waals surface area contributed by atoms with Crippen LogP contribution in [0.5, 0.6) is 0 Å². The van der Waals surface area contributed by atoms with Crippen LogP contribution in [0.25, 0.3) is 32.1 Å². The number of halogens is 3. The molecule has 7 rings (SSSR count). The Labute approximate surface area is 271 Å². The average Bonchev–Trinajstić information content (AvgIpc) is 3.60. The van der Waals surface area contributed by atoms with E-state index in [-0.39, 0.29) is 48.4 Å². The minimum absolute atomic E-state index is 0.0119. The monoisotopic (exact) mass is 665 g/mol. The molecule has 3 saturated heterocycles. The van der Waals surface area contributed by atoms with Crippen molar-refractivity contribution in [3.63, 3.8) is 0 Å². The quantitative estimate of drug-likeness (QED) is 0.0934. The van der Waals surface area contributed by atoms with Gasteiger partial charge in [-0.25, -0.2) is 29.4 Å². The molecule has 1 atom stereocenters. The lowest BCUT2D eigenvalue weighted by Gasteiger charge is -2.51. The molecule has 3 aliphatic heterocycles. The van der Waals surface area contributed by atoms with E-state index >= 15 is 4.39 Å². The molecule has 46 heavy (non-hydrogen) atoms. The minimum atomic E-state index is -0.724. The minimum Gasteiger partial charge on any atom is -0.389 e. The second kappa shape index (κ2) is 10.9. The Morgan fingerprint density at radius 1 is 1.24 bits per heavy atom. The van der Waals surface area contributed by atoms with Crippen LogP contribution in [0.3, 0.4) is 0 Å². The number of aromatic nitrogens is 2. The van der Waals surface area contributed by atoms with Crippen molar-refractivity contribution in [1.82, 2.24) is 24.8 Å². The SMILES string of the molecule is CN(C)C1CN(c2nc(N3CCC4(CCN4C(=O)N(N)C=N)C3)c3cc(Cl)c(-c4ccc(F)c5sc(N)c(C#N)c45)c(F)c3n2)C1. The standard InChI is InChI=1S/C30H30ClF2N11OS/c1-40(2)15-11-42(12-15)28-38-24-17(27(39-28)41-7-5-30(13-41)6-8-43(30)29(45)44(37)14-35)9-19(31)22(23(24)33)16-3-4-20(32)25-21(16)18(10-34)26(36)46-25/h3-4,9,14-15,35H,5-8,11-13,36-37H2,1-2H3. The van der Waals surface area contributed by atoms with Crippen molar-refractivity contribution >= 4 is 73.1 Å². The zero-order chi connectivity index (χ0) is 32.7. The van der Waals surface area contributed by atoms with Gasteiger partial charge in [-0.05, 0) is 44.6 Å². The summed E-state index contributed by atoms with van der Waals surface area (Å²) >= 11 is 7.77. The normalized spacial score (nSPS) is 19.7. The number of carbonyl (C=O) groups is 1. The number of likely N-dealkylation sites (tertiary alicyclic amines) is 1. The van der Waals surface area contributed by atoms with Crippen LogP contribution in [0.15, 0.2) is 18.2 Å². The number of hydrazine groups is 1. The number of likely N-dealkylation sites (N-methyl/N-ethyl adjacent to an activating group) is 1. The Morgan fingerprint density at radius 2 is 1.98 bits per heavy atom. The topological polar surface area (TPSA) is 159 Å². The highest BCUT2D eigenvalue weighted by Gasteiger charge is 2.53. The maximum atomic E-state index is 16.9. The largest absolute Gasteiger partial charge is 0.389 e. The van der Waals surface area contributed by atoms with Crippen molar-refractivity contribution in [2.75, 3.05) is 62.4 Å². The smallest absolute Gasteiger partial charge is 0.340 e. The summed E-state index contributed by atoms with van der Waals surface area (Å²) in [6.45, 7) is 2.78. The van der Waals surface area contributed by atoms with Crippen LogP contribution in [0.4, 0.5) is 30.3 Å². The number of amides is 2. The molecule has 5 heterocycles. The van der Waals surface area contributed by atoms with Gasteiger partial charge < -0.3 is 25.3 Å². The number of nitrogens with one attached hydrogen (secondary N) is 1. The molecule has 238 valence electrons. The number of nitrogen functional groups attached to an aromatic ring is 1. The molecule has 16 heteroatoms. The Bertz CT molecular complexity index is 1990. The summed E-state index contributed by atoms with van der Waals surface area (Å²) < 4.78 is 31.9. The molecule has 2 aromatic carbocycles. The Balaban J connectivity index is 1.38. The predicted molar refractivity (Wildman–Crippen MR) is 175 cm³/mol. The molecule has 2 aromatic heterocycles. The summed E-state index contributed by atoms with van der Waals surface area (Å²) in [6, 6.07) is 6.08. The first kappa shape index (κ1) is 30.3. The first-order valence-corrected chi connectivity index (χ1v) is 15.8. The molecule has 0 saturated carbocycles. The van der Waals surface area contributed by atoms with Crippen molar-refractivity contribution in [3.05, 3.63) is 40.4 Å². The number of nitriles is 1. The highest BCUT2D eigenvalue weighted by atomic mass is 35.5. The Kier molecular flexibility index (Phi) is 7.16. The summed E-state index contributed by atoms with van der Waals surface area (Å²) in [7, 11) is 3.99. The van der Waals surface area contributed by atoms with E-state index in [9.17, 15) is 14.4 Å². The van der Waals surface area contributed by atoms with Gasteiger partial charge in [0.05, 0.1) is 20.8 Å². The van der Waals surface area contributed by atoms with E-state index in [0.717, 1.165) is 29.1 Å². The number of urea groups is 1. The lowest BCUT2D eigenvalue weighted by molar-refractivity contribution is 0.0306. The maximum Gasteiger partial charge on any atom is 0.340 e. The van der Waals surface area contributed by atoms with Crippen molar-refractivity contribution in [3.8, 4) is 17.2 Å². The Hall–Kier alpha value is -4.36. The lowest BCUT2D eigenvalue weighted by Crippen LogP contribution is -2.66. The van der Waals surface area contributed by atoms with Gasteiger partial charge in [0.1, 0.15) is 34.6 Å². The predicted octanol–water partition coefficient (Wildman–Crippen LogP) is 4.20. The third-order valence-electron chi connectivity index (χ3n) is 9.52. The first-order chi connectivity index (χ1) is 22.0. The second-order valence-corrected chi connectivity index (χ2v) is 13.6. The van der Waals surface area contributed by atoms with E-state index in [1.54, 1.807) is 11.0 Å². The number of nitrogens with zero attached hydrogens (tertiary/aromatic N) is 8. The molecule has 3 fully saturated rings. The second-order valence-electron chi connectivity index (χ2n) is 12.2. The van der Waals surface area contributed by atoms with Gasteiger partial charge in [0.2, 0.25) is 5.95 Å². The Morgan fingerprint density at radius 3 is 2.63 bits per heavy atom. The fraction of sp³-hybridized carbons (Fsp3) is 0.367. The van der Waals surface area contributed by atoms with Gasteiger partial charge in [-0.15, -0.1) is 11.3 Å². The van der Waals surface area contributed by atoms with E-state index in [0.29, 0.717) is 56.3 Å². The number of anilines is 3. The molecular formula is C30H30ClF2N11OS. The van der Waals surface area contributed by atoms with Gasteiger partial charge in [0.25, 0.3) is 0 Å². The fourth-order valence-corrected chi connectivity index (χ4v) is 7.99. The van der Waals surface area contributed by atoms with Gasteiger partial charge >= 0.3 is 6.03 Å². The van der Waals surface area contributed by atoms with Crippen molar-refractivity contribution in [2.24, 2.45) is 5.84 Å². The van der Waals surface area contributed by atoms with E-state index in [2.05, 4.69) is 4.90 Å². The van der Waals surface area contributed by atoms with Gasteiger partial charge in [-0.2, -0.15) is 10.2 Å². The number of carbonyl (C=O) groups excluding carboxylic acids is 1. The van der Waals surface area contributed by atoms with Crippen molar-refractivity contribution in [2.45, 2.75) is 24.4 Å². The van der Waals surface area contributed by atoms with Crippen molar-refractivity contribution in [1.29, 1.82) is 10.7 Å². The molecule has 0 bridgehead atoms. The number of nitrogens with two attached hydrogens (primary N) is 2. The van der Waals surface area contributed by atoms with Gasteiger partial charge in [0.15, 0.2) is 5.82 Å². The zero-order valence-electron chi connectivity index (χ0n) is 25.0. The van der Waals surface area contributed by atoms with Crippen LogP contribution < -0.4 is 21.4 Å². The fourth-order valence-electron chi connectivity index (χ4n) is 6.75. The van der Waals surface area contributed by atoms with E-state index in [1.165, 1.54) is 12.1 Å². The lowest BCUT2D eigenvalue weighted by atomic mass is 9.84. The molecule has 4 aromatic rings. The van der Waals surface area contributed by atoms with Crippen LogP contribution in [-0.2, 0) is 0 Å². The van der Waals surface area contributed by atoms with Gasteiger partial charge in [0, 0.05) is 55.1 Å². The summed E-state index contributed by atoms with van der Waals surface area (Å²) in [5.74, 6) is 5.26. The molecule has 0 aliphatic carbocycles. The van der Waals surface area contributed by atoms with Gasteiger partial charge in [-0.3, -0.25) is 5.41 Å². The van der Waals surface area contributed by atoms with Crippen LogP contribution in [0.2, 0.25) is 5.02 Å². The molecule has 5 N–H and O–H groups in total. The summed E-state index contributed by atoms with van der Waals surface area (Å²) in [6.07, 6.45) is 2.16. The average molecular weight is 666 g/mol. The van der Waals surface area contributed by atoms with Crippen molar-refractivity contribution < 1.29 is 13.6 Å². The third-order valence-corrected chi connectivity index (χ3v) is 10.8. The molecule has 1 unspecified atom stereocenters. The summed E-state index contributed by atoms with van der Waals surface area (Å²) in [5, 5.41) is 18.7. The first-order valence-electron chi connectivity index (χ1n) is 14.6. The number of benzene rings is 2. The highest BCUT2D eigenvalue weighted by molar-refractivity contribution is 7.23. The molecule has 3 aliphatic rings. The molecular weight excluding hydrogens is 636 g/mol. The summed E-state index contributed by atoms with van der Waals surface area (Å²) in [5.41, 5.74) is 5.88. The number of hydrogen-bond donors (Lipinski definition) is 3. The van der Waals surface area contributed by atoms with Crippen LogP contribution in [0, 0.1) is 28.4 Å². The molecule has 0 radical (unpaired) electrons. The zero-order valence-corrected chi connectivity index (χ0v) is 26.6. The number of thiophene rings is 1. The van der Waals surface area contributed by atoms with E-state index < -0.39 is 23.2 Å². The highest BCUT2D eigenvalue weighted by Crippen LogP contribution is 2.47.